The van der Waals surface area contributed by atoms with Crippen molar-refractivity contribution >= 4 is 16.7 Å². The molecule has 0 saturated carbocycles. The molecule has 2 aromatic rings. The van der Waals surface area contributed by atoms with Crippen LogP contribution in [0.4, 0.5) is 5.13 Å². The number of anilines is 1. The van der Waals surface area contributed by atoms with Gasteiger partial charge in [0.15, 0.2) is 11.5 Å². The number of hydrogen-bond acceptors (Lipinski definition) is 7. The first-order chi connectivity index (χ1) is 12.1. The molecular weight excluding hydrogens is 338 g/mol. The van der Waals surface area contributed by atoms with Crippen molar-refractivity contribution < 1.29 is 14.2 Å². The number of rotatable bonds is 3. The van der Waals surface area contributed by atoms with Gasteiger partial charge in [0.05, 0.1) is 26.4 Å². The maximum Gasteiger partial charge on any atom is 0.205 e. The minimum Gasteiger partial charge on any atom is -0.493 e. The highest BCUT2D eigenvalue weighted by Crippen LogP contribution is 2.45. The number of aryl methyl sites for hydroxylation is 1. The lowest BCUT2D eigenvalue weighted by atomic mass is 9.79. The normalized spacial score (nSPS) is 18.9. The lowest BCUT2D eigenvalue weighted by molar-refractivity contribution is -0.0768. The molecule has 0 aliphatic carbocycles. The third kappa shape index (κ3) is 2.85. The van der Waals surface area contributed by atoms with Gasteiger partial charge in [0, 0.05) is 24.6 Å². The zero-order chi connectivity index (χ0) is 17.4. The van der Waals surface area contributed by atoms with Gasteiger partial charge in [-0.05, 0) is 49.4 Å². The fraction of sp³-hybridized carbons (Fsp3) is 0.556. The van der Waals surface area contributed by atoms with E-state index in [0.29, 0.717) is 0 Å². The summed E-state index contributed by atoms with van der Waals surface area (Å²) in [5.41, 5.74) is 2.33. The van der Waals surface area contributed by atoms with Gasteiger partial charge in [-0.2, -0.15) is 4.37 Å². The number of ether oxygens (including phenoxy) is 3. The summed E-state index contributed by atoms with van der Waals surface area (Å²) >= 11 is 1.48. The van der Waals surface area contributed by atoms with E-state index in [1.165, 1.54) is 22.7 Å². The predicted molar refractivity (Wildman–Crippen MR) is 97.0 cm³/mol. The molecule has 1 aromatic heterocycles. The fourth-order valence-electron chi connectivity index (χ4n) is 3.87. The number of piperidine rings is 1. The molecule has 1 fully saturated rings. The highest BCUT2D eigenvalue weighted by Gasteiger charge is 2.42. The molecule has 1 aromatic carbocycles. The standard InChI is InChI=1S/C18H23N3O3S/c1-12-19-17(25-20-12)21-7-5-18(6-8-21)14-11-16(23-3)15(22-2)10-13(14)4-9-24-18/h10-11H,4-9H2,1-3H3. The molecule has 0 bridgehead atoms. The van der Waals surface area contributed by atoms with E-state index in [1.807, 2.05) is 6.92 Å². The Balaban J connectivity index is 1.62. The Bertz CT molecular complexity index is 769. The molecule has 7 heteroatoms. The zero-order valence-electron chi connectivity index (χ0n) is 14.9. The number of hydrogen-bond donors (Lipinski definition) is 0. The number of nitrogens with zero attached hydrogens (tertiary/aromatic N) is 3. The molecule has 0 amide bonds. The van der Waals surface area contributed by atoms with Crippen molar-refractivity contribution in [3.05, 3.63) is 29.1 Å². The van der Waals surface area contributed by atoms with E-state index in [4.69, 9.17) is 14.2 Å². The summed E-state index contributed by atoms with van der Waals surface area (Å²) < 4.78 is 21.6. The highest BCUT2D eigenvalue weighted by atomic mass is 32.1. The molecule has 25 heavy (non-hydrogen) atoms. The summed E-state index contributed by atoms with van der Waals surface area (Å²) in [6.07, 6.45) is 2.79. The second kappa shape index (κ2) is 6.46. The smallest absolute Gasteiger partial charge is 0.205 e. The molecule has 0 N–H and O–H groups in total. The Hall–Kier alpha value is -1.86. The molecule has 2 aliphatic heterocycles. The summed E-state index contributed by atoms with van der Waals surface area (Å²) in [5.74, 6) is 2.41. The van der Waals surface area contributed by atoms with Crippen molar-refractivity contribution in [3.8, 4) is 11.5 Å². The zero-order valence-corrected chi connectivity index (χ0v) is 15.7. The summed E-state index contributed by atoms with van der Waals surface area (Å²) in [5, 5.41) is 1.01. The Labute approximate surface area is 151 Å². The minimum atomic E-state index is -0.233. The molecule has 3 heterocycles. The summed E-state index contributed by atoms with van der Waals surface area (Å²) in [6, 6.07) is 4.22. The van der Waals surface area contributed by atoms with E-state index in [1.54, 1.807) is 14.2 Å². The number of aromatic nitrogens is 2. The second-order valence-corrected chi connectivity index (χ2v) is 7.30. The van der Waals surface area contributed by atoms with Crippen LogP contribution in [0.3, 0.4) is 0 Å². The third-order valence-corrected chi connectivity index (χ3v) is 6.08. The van der Waals surface area contributed by atoms with Crippen molar-refractivity contribution in [1.29, 1.82) is 0 Å². The average Bonchev–Trinajstić information content (AvgIpc) is 3.08. The minimum absolute atomic E-state index is 0.233. The van der Waals surface area contributed by atoms with Crippen LogP contribution in [0.5, 0.6) is 11.5 Å². The number of methoxy groups -OCH3 is 2. The highest BCUT2D eigenvalue weighted by molar-refractivity contribution is 7.09. The Morgan fingerprint density at radius 3 is 2.52 bits per heavy atom. The third-order valence-electron chi connectivity index (χ3n) is 5.21. The van der Waals surface area contributed by atoms with Gasteiger partial charge in [0.2, 0.25) is 5.13 Å². The Morgan fingerprint density at radius 1 is 1.16 bits per heavy atom. The van der Waals surface area contributed by atoms with Gasteiger partial charge in [0.25, 0.3) is 0 Å². The lowest BCUT2D eigenvalue weighted by Gasteiger charge is -2.45. The molecule has 0 radical (unpaired) electrons. The van der Waals surface area contributed by atoms with Crippen LogP contribution in [0.2, 0.25) is 0 Å². The SMILES string of the molecule is COc1cc2c(cc1OC)C1(CCN(c3nc(C)ns3)CC1)OCC2. The van der Waals surface area contributed by atoms with Gasteiger partial charge >= 0.3 is 0 Å². The van der Waals surface area contributed by atoms with Crippen molar-refractivity contribution in [3.63, 3.8) is 0 Å². The van der Waals surface area contributed by atoms with Crippen LogP contribution in [0.1, 0.15) is 29.8 Å². The molecule has 2 aliphatic rings. The van der Waals surface area contributed by atoms with Crippen LogP contribution in [0, 0.1) is 6.92 Å². The van der Waals surface area contributed by atoms with Gasteiger partial charge < -0.3 is 19.1 Å². The Morgan fingerprint density at radius 2 is 1.88 bits per heavy atom. The number of benzene rings is 1. The fourth-order valence-corrected chi connectivity index (χ4v) is 4.60. The summed E-state index contributed by atoms with van der Waals surface area (Å²) in [6.45, 7) is 4.52. The summed E-state index contributed by atoms with van der Waals surface area (Å²) in [7, 11) is 3.36. The van der Waals surface area contributed by atoms with E-state index in [2.05, 4.69) is 26.4 Å². The maximum absolute atomic E-state index is 6.34. The molecule has 1 spiro atoms. The van der Waals surface area contributed by atoms with Gasteiger partial charge in [-0.3, -0.25) is 0 Å². The van der Waals surface area contributed by atoms with Gasteiger partial charge in [0.1, 0.15) is 5.82 Å². The molecule has 6 nitrogen and oxygen atoms in total. The quantitative estimate of drug-likeness (QED) is 0.838. The van der Waals surface area contributed by atoms with Crippen LogP contribution in [0.25, 0.3) is 0 Å². The molecule has 1 saturated heterocycles. The van der Waals surface area contributed by atoms with Crippen LogP contribution in [0.15, 0.2) is 12.1 Å². The molecule has 134 valence electrons. The molecule has 0 atom stereocenters. The van der Waals surface area contributed by atoms with Crippen molar-refractivity contribution in [2.24, 2.45) is 0 Å². The predicted octanol–water partition coefficient (Wildman–Crippen LogP) is 2.93. The number of fused-ring (bicyclic) bond motifs is 2. The van der Waals surface area contributed by atoms with Crippen molar-refractivity contribution in [1.82, 2.24) is 9.36 Å². The monoisotopic (exact) mass is 361 g/mol. The topological polar surface area (TPSA) is 56.7 Å². The largest absolute Gasteiger partial charge is 0.493 e. The van der Waals surface area contributed by atoms with Crippen LogP contribution >= 0.6 is 11.5 Å². The van der Waals surface area contributed by atoms with Crippen molar-refractivity contribution in [2.75, 3.05) is 38.8 Å². The first kappa shape index (κ1) is 16.6. The van der Waals surface area contributed by atoms with E-state index in [9.17, 15) is 0 Å². The van der Waals surface area contributed by atoms with Crippen molar-refractivity contribution in [2.45, 2.75) is 31.8 Å². The average molecular weight is 361 g/mol. The maximum atomic E-state index is 6.34. The molecule has 4 rings (SSSR count). The lowest BCUT2D eigenvalue weighted by Crippen LogP contribution is -2.46. The van der Waals surface area contributed by atoms with Crippen LogP contribution in [-0.2, 0) is 16.8 Å². The summed E-state index contributed by atoms with van der Waals surface area (Å²) in [4.78, 5) is 6.83. The van der Waals surface area contributed by atoms with Gasteiger partial charge in [-0.15, -0.1) is 0 Å². The first-order valence-electron chi connectivity index (χ1n) is 8.60. The van der Waals surface area contributed by atoms with Gasteiger partial charge in [-0.25, -0.2) is 4.98 Å². The van der Waals surface area contributed by atoms with Gasteiger partial charge in [-0.1, -0.05) is 0 Å². The first-order valence-corrected chi connectivity index (χ1v) is 9.37. The second-order valence-electron chi connectivity index (χ2n) is 6.57. The van der Waals surface area contributed by atoms with E-state index >= 15 is 0 Å². The molecular formula is C18H23N3O3S. The van der Waals surface area contributed by atoms with E-state index < -0.39 is 0 Å². The van der Waals surface area contributed by atoms with E-state index in [0.717, 1.165) is 61.4 Å². The van der Waals surface area contributed by atoms with Crippen LogP contribution < -0.4 is 14.4 Å². The van der Waals surface area contributed by atoms with Crippen LogP contribution in [-0.4, -0.2) is 43.3 Å². The molecule has 0 unspecified atom stereocenters. The Kier molecular flexibility index (Phi) is 4.29. The van der Waals surface area contributed by atoms with E-state index in [-0.39, 0.29) is 5.60 Å².